The molecule has 0 saturated carbocycles. The molecular formula is C21H25NOSi. The van der Waals surface area contributed by atoms with Gasteiger partial charge in [-0.25, -0.2) is 0 Å². The second-order valence-corrected chi connectivity index (χ2v) is 9.73. The van der Waals surface area contributed by atoms with Gasteiger partial charge in [0.15, 0.2) is 0 Å². The van der Waals surface area contributed by atoms with Gasteiger partial charge in [0.05, 0.1) is 0 Å². The smallest absolute Gasteiger partial charge is 0.249 e. The maximum Gasteiger partial charge on any atom is 0.249 e. The molecule has 1 aromatic carbocycles. The number of hydrogen-bond acceptors (Lipinski definition) is 1. The number of benzene rings is 1. The zero-order valence-corrected chi connectivity index (χ0v) is 16.2. The van der Waals surface area contributed by atoms with Crippen LogP contribution in [0, 0.1) is 5.92 Å². The standard InChI is InChI=1S/C21H25NOSi/c1-12-9-15-7-6-8-16(17(15)10-12)19-14(3)20(24(4)5)13(2)11-18(19)21(22)23/h6-8,10-11,13H,9H2,1-5H3,(H2,22,23). The van der Waals surface area contributed by atoms with Gasteiger partial charge in [-0.15, -0.1) is 0 Å². The number of nitrogens with two attached hydrogens (primary N) is 1. The molecule has 0 radical (unpaired) electrons. The summed E-state index contributed by atoms with van der Waals surface area (Å²) in [5.74, 6) is -0.0401. The minimum absolute atomic E-state index is 0.286. The number of fused-ring (bicyclic) bond motifs is 1. The first-order valence-corrected chi connectivity index (χ1v) is 11.0. The predicted octanol–water partition coefficient (Wildman–Crippen LogP) is 3.99. The first kappa shape index (κ1) is 16.8. The lowest BCUT2D eigenvalue weighted by Crippen LogP contribution is -2.28. The van der Waals surface area contributed by atoms with E-state index in [0.29, 0.717) is 5.57 Å². The van der Waals surface area contributed by atoms with Gasteiger partial charge in [-0.1, -0.05) is 61.1 Å². The molecule has 3 heteroatoms. The molecule has 0 bridgehead atoms. The Bertz CT molecular complexity index is 864. The normalized spacial score (nSPS) is 19.9. The molecule has 0 saturated heterocycles. The van der Waals surface area contributed by atoms with E-state index in [1.165, 1.54) is 27.4 Å². The van der Waals surface area contributed by atoms with Gasteiger partial charge < -0.3 is 5.73 Å². The van der Waals surface area contributed by atoms with E-state index < -0.39 is 8.41 Å². The van der Waals surface area contributed by atoms with E-state index in [1.54, 1.807) is 0 Å². The average molecular weight is 336 g/mol. The van der Waals surface area contributed by atoms with Crippen LogP contribution in [0.5, 0.6) is 0 Å². The lowest BCUT2D eigenvalue weighted by molar-refractivity contribution is -0.114. The Morgan fingerprint density at radius 3 is 2.58 bits per heavy atom. The first-order chi connectivity index (χ1) is 11.3. The van der Waals surface area contributed by atoms with Crippen molar-refractivity contribution in [2.45, 2.75) is 40.3 Å². The highest BCUT2D eigenvalue weighted by atomic mass is 28.2. The van der Waals surface area contributed by atoms with Gasteiger partial charge in [0.1, 0.15) is 0 Å². The molecule has 2 aliphatic rings. The third-order valence-electron chi connectivity index (χ3n) is 5.05. The SMILES string of the molecule is CC1=Cc2c(cccc2C2=C(C)C(=[Si](C)C)C(C)C=C2C(N)=O)C1. The van der Waals surface area contributed by atoms with Crippen molar-refractivity contribution < 1.29 is 4.79 Å². The van der Waals surface area contributed by atoms with E-state index in [-0.39, 0.29) is 11.8 Å². The zero-order valence-electron chi connectivity index (χ0n) is 15.2. The average Bonchev–Trinajstić information content (AvgIpc) is 2.86. The third-order valence-corrected chi connectivity index (χ3v) is 6.96. The fourth-order valence-corrected chi connectivity index (χ4v) is 6.10. The first-order valence-electron chi connectivity index (χ1n) is 8.51. The van der Waals surface area contributed by atoms with Gasteiger partial charge in [0, 0.05) is 14.0 Å². The Balaban J connectivity index is 2.32. The summed E-state index contributed by atoms with van der Waals surface area (Å²) in [5, 5.41) is 1.50. The minimum Gasteiger partial charge on any atom is -0.366 e. The molecule has 0 heterocycles. The Labute approximate surface area is 146 Å². The third kappa shape index (κ3) is 2.67. The van der Waals surface area contributed by atoms with Crippen molar-refractivity contribution in [3.05, 3.63) is 57.7 Å². The van der Waals surface area contributed by atoms with Crippen molar-refractivity contribution in [3.8, 4) is 0 Å². The Kier molecular flexibility index (Phi) is 4.30. The number of carbonyl (C=O) groups excluding carboxylic acids is 1. The monoisotopic (exact) mass is 335 g/mol. The number of primary amides is 1. The Morgan fingerprint density at radius 2 is 1.96 bits per heavy atom. The highest BCUT2D eigenvalue weighted by molar-refractivity contribution is 6.72. The topological polar surface area (TPSA) is 43.1 Å². The van der Waals surface area contributed by atoms with Crippen LogP contribution >= 0.6 is 0 Å². The van der Waals surface area contributed by atoms with E-state index in [2.05, 4.69) is 64.2 Å². The summed E-state index contributed by atoms with van der Waals surface area (Å²) in [6, 6.07) is 6.41. The van der Waals surface area contributed by atoms with E-state index in [0.717, 1.165) is 17.6 Å². The second-order valence-electron chi connectivity index (χ2n) is 7.19. The van der Waals surface area contributed by atoms with Crippen molar-refractivity contribution in [1.82, 2.24) is 0 Å². The molecule has 0 aromatic heterocycles. The molecule has 3 rings (SSSR count). The van der Waals surface area contributed by atoms with Crippen LogP contribution in [0.15, 0.2) is 41.0 Å². The van der Waals surface area contributed by atoms with Crippen LogP contribution in [0.1, 0.15) is 37.5 Å². The van der Waals surface area contributed by atoms with Gasteiger partial charge >= 0.3 is 0 Å². The maximum absolute atomic E-state index is 12.2. The number of rotatable bonds is 2. The van der Waals surface area contributed by atoms with Gasteiger partial charge in [0.2, 0.25) is 5.91 Å². The maximum atomic E-state index is 12.2. The zero-order chi connectivity index (χ0) is 17.6. The van der Waals surface area contributed by atoms with Crippen LogP contribution in [-0.4, -0.2) is 19.5 Å². The number of carbonyl (C=O) groups is 1. The second kappa shape index (κ2) is 6.13. The van der Waals surface area contributed by atoms with E-state index in [9.17, 15) is 4.79 Å². The van der Waals surface area contributed by atoms with Gasteiger partial charge in [-0.2, -0.15) is 0 Å². The molecule has 0 fully saturated rings. The Morgan fingerprint density at radius 1 is 1.25 bits per heavy atom. The number of allylic oxidation sites excluding steroid dienone is 3. The molecule has 0 spiro atoms. The summed E-state index contributed by atoms with van der Waals surface area (Å²) in [6.45, 7) is 11.1. The highest BCUT2D eigenvalue weighted by Gasteiger charge is 2.28. The molecule has 1 atom stereocenters. The van der Waals surface area contributed by atoms with E-state index >= 15 is 0 Å². The molecule has 124 valence electrons. The van der Waals surface area contributed by atoms with Crippen LogP contribution in [0.25, 0.3) is 11.6 Å². The van der Waals surface area contributed by atoms with Crippen molar-refractivity contribution in [2.75, 3.05) is 0 Å². The molecule has 1 aromatic rings. The molecule has 24 heavy (non-hydrogen) atoms. The lowest BCUT2D eigenvalue weighted by Gasteiger charge is -2.28. The van der Waals surface area contributed by atoms with Crippen molar-refractivity contribution in [1.29, 1.82) is 0 Å². The Hall–Kier alpha value is -2.00. The van der Waals surface area contributed by atoms with Gasteiger partial charge in [-0.3, -0.25) is 4.79 Å². The van der Waals surface area contributed by atoms with Gasteiger partial charge in [0.25, 0.3) is 0 Å². The summed E-state index contributed by atoms with van der Waals surface area (Å²) in [5.41, 5.74) is 13.8. The fourth-order valence-electron chi connectivity index (χ4n) is 4.23. The molecule has 1 amide bonds. The van der Waals surface area contributed by atoms with Crippen molar-refractivity contribution in [3.63, 3.8) is 0 Å². The van der Waals surface area contributed by atoms with Crippen molar-refractivity contribution >= 4 is 31.1 Å². The molecule has 2 aliphatic carbocycles. The quantitative estimate of drug-likeness (QED) is 0.816. The summed E-state index contributed by atoms with van der Waals surface area (Å²) in [7, 11) is -0.598. The van der Waals surface area contributed by atoms with E-state index in [1.807, 2.05) is 0 Å². The largest absolute Gasteiger partial charge is 0.366 e. The van der Waals surface area contributed by atoms with Crippen LogP contribution in [0.2, 0.25) is 13.1 Å². The number of amides is 1. The van der Waals surface area contributed by atoms with Crippen LogP contribution in [0.3, 0.4) is 0 Å². The minimum atomic E-state index is -0.598. The number of hydrogen-bond donors (Lipinski definition) is 1. The molecule has 2 N–H and O–H groups in total. The van der Waals surface area contributed by atoms with Crippen LogP contribution in [-0.2, 0) is 11.2 Å². The van der Waals surface area contributed by atoms with Crippen LogP contribution in [0.4, 0.5) is 0 Å². The molecule has 0 aliphatic heterocycles. The highest BCUT2D eigenvalue weighted by Crippen LogP contribution is 2.39. The van der Waals surface area contributed by atoms with Crippen molar-refractivity contribution in [2.24, 2.45) is 11.7 Å². The predicted molar refractivity (Wildman–Crippen MR) is 105 cm³/mol. The lowest BCUT2D eigenvalue weighted by atomic mass is 9.80. The summed E-state index contributed by atoms with van der Waals surface area (Å²) in [4.78, 5) is 12.2. The summed E-state index contributed by atoms with van der Waals surface area (Å²) >= 11 is 0. The summed E-state index contributed by atoms with van der Waals surface area (Å²) in [6.07, 6.45) is 5.32. The fraction of sp³-hybridized carbons (Fsp3) is 0.333. The summed E-state index contributed by atoms with van der Waals surface area (Å²) < 4.78 is 0. The molecular weight excluding hydrogens is 310 g/mol. The van der Waals surface area contributed by atoms with E-state index in [4.69, 9.17) is 5.73 Å². The van der Waals surface area contributed by atoms with Gasteiger partial charge in [-0.05, 0) is 54.0 Å². The molecule has 2 nitrogen and oxygen atoms in total. The van der Waals surface area contributed by atoms with Crippen LogP contribution < -0.4 is 5.73 Å². The molecule has 1 unspecified atom stereocenters.